The molecule has 0 aliphatic rings. The van der Waals surface area contributed by atoms with Crippen LogP contribution in [-0.4, -0.2) is 13.1 Å². The van der Waals surface area contributed by atoms with E-state index < -0.39 is 12.0 Å². The number of ether oxygens (including phenoxy) is 1. The third-order valence-corrected chi connectivity index (χ3v) is 3.21. The summed E-state index contributed by atoms with van der Waals surface area (Å²) in [4.78, 5) is 11.1. The van der Waals surface area contributed by atoms with Crippen molar-refractivity contribution in [3.05, 3.63) is 32.8 Å². The van der Waals surface area contributed by atoms with Gasteiger partial charge in [0.15, 0.2) is 0 Å². The quantitative estimate of drug-likeness (QED) is 0.684. The molecule has 0 fully saturated rings. The molecule has 0 aromatic heterocycles. The first-order valence-electron chi connectivity index (χ1n) is 4.43. The fourth-order valence-corrected chi connectivity index (χ4v) is 2.06. The van der Waals surface area contributed by atoms with Crippen molar-refractivity contribution in [2.24, 2.45) is 5.73 Å². The molecule has 0 bridgehead atoms. The van der Waals surface area contributed by atoms with Crippen LogP contribution in [0.2, 0.25) is 15.1 Å². The summed E-state index contributed by atoms with van der Waals surface area (Å²) in [6, 6.07) is 2.52. The highest BCUT2D eigenvalue weighted by Gasteiger charge is 2.19. The molecule has 1 atom stereocenters. The normalized spacial score (nSPS) is 12.3. The summed E-state index contributed by atoms with van der Waals surface area (Å²) in [6.07, 6.45) is -0.00369. The molecule has 2 N–H and O–H groups in total. The van der Waals surface area contributed by atoms with E-state index in [0.29, 0.717) is 15.6 Å². The number of benzene rings is 1. The van der Waals surface area contributed by atoms with Crippen LogP contribution in [0.4, 0.5) is 0 Å². The molecule has 3 nitrogen and oxygen atoms in total. The van der Waals surface area contributed by atoms with E-state index in [2.05, 4.69) is 4.74 Å². The Bertz CT molecular complexity index is 409. The maximum absolute atomic E-state index is 11.1. The average Bonchev–Trinajstić information content (AvgIpc) is 2.24. The Morgan fingerprint density at radius 1 is 1.38 bits per heavy atom. The molecule has 0 saturated heterocycles. The van der Waals surface area contributed by atoms with E-state index in [1.165, 1.54) is 7.11 Å². The Morgan fingerprint density at radius 3 is 2.50 bits per heavy atom. The summed E-state index contributed by atoms with van der Waals surface area (Å²) in [6.45, 7) is 0. The summed E-state index contributed by atoms with van der Waals surface area (Å²) in [5.74, 6) is -0.431. The minimum absolute atomic E-state index is 0.00369. The monoisotopic (exact) mass is 281 g/mol. The van der Waals surface area contributed by atoms with Crippen molar-refractivity contribution in [1.82, 2.24) is 0 Å². The molecular weight excluding hydrogens is 272 g/mol. The Hall–Kier alpha value is -0.480. The Labute approximate surface area is 108 Å². The van der Waals surface area contributed by atoms with Crippen molar-refractivity contribution >= 4 is 40.8 Å². The largest absolute Gasteiger partial charge is 0.469 e. The maximum atomic E-state index is 11.1. The summed E-state index contributed by atoms with van der Waals surface area (Å²) in [5, 5.41) is 0.998. The summed E-state index contributed by atoms with van der Waals surface area (Å²) in [5.41, 5.74) is 6.27. The second-order valence-electron chi connectivity index (χ2n) is 3.14. The first-order chi connectivity index (χ1) is 7.47. The van der Waals surface area contributed by atoms with E-state index in [-0.39, 0.29) is 11.4 Å². The van der Waals surface area contributed by atoms with Crippen LogP contribution in [0.25, 0.3) is 0 Å². The van der Waals surface area contributed by atoms with E-state index >= 15 is 0 Å². The van der Waals surface area contributed by atoms with Gasteiger partial charge in [0, 0.05) is 16.6 Å². The lowest BCUT2D eigenvalue weighted by atomic mass is 10.0. The third-order valence-electron chi connectivity index (χ3n) is 2.06. The highest BCUT2D eigenvalue weighted by atomic mass is 35.5. The van der Waals surface area contributed by atoms with Crippen LogP contribution in [0, 0.1) is 0 Å². The van der Waals surface area contributed by atoms with E-state index in [1.807, 2.05) is 0 Å². The zero-order valence-electron chi connectivity index (χ0n) is 8.47. The van der Waals surface area contributed by atoms with E-state index in [4.69, 9.17) is 40.5 Å². The molecule has 16 heavy (non-hydrogen) atoms. The molecule has 0 amide bonds. The van der Waals surface area contributed by atoms with Crippen LogP contribution < -0.4 is 5.73 Å². The maximum Gasteiger partial charge on any atom is 0.307 e. The van der Waals surface area contributed by atoms with Crippen molar-refractivity contribution < 1.29 is 9.53 Å². The second-order valence-corrected chi connectivity index (χ2v) is 4.34. The topological polar surface area (TPSA) is 52.3 Å². The van der Waals surface area contributed by atoms with Crippen LogP contribution in [0.15, 0.2) is 12.1 Å². The molecule has 0 unspecified atom stereocenters. The highest BCUT2D eigenvalue weighted by Crippen LogP contribution is 2.35. The molecule has 0 spiro atoms. The van der Waals surface area contributed by atoms with Crippen molar-refractivity contribution in [2.75, 3.05) is 7.11 Å². The smallest absolute Gasteiger partial charge is 0.307 e. The molecule has 1 rings (SSSR count). The lowest BCUT2D eigenvalue weighted by Crippen LogP contribution is -2.17. The number of rotatable bonds is 3. The van der Waals surface area contributed by atoms with Crippen LogP contribution >= 0.6 is 34.8 Å². The van der Waals surface area contributed by atoms with Gasteiger partial charge in [-0.1, -0.05) is 34.8 Å². The molecule has 0 aliphatic carbocycles. The molecule has 0 aliphatic heterocycles. The van der Waals surface area contributed by atoms with Gasteiger partial charge >= 0.3 is 5.97 Å². The fourth-order valence-electron chi connectivity index (χ4n) is 1.25. The molecule has 6 heteroatoms. The number of carbonyl (C=O) groups is 1. The van der Waals surface area contributed by atoms with Crippen molar-refractivity contribution in [3.63, 3.8) is 0 Å². The van der Waals surface area contributed by atoms with Crippen molar-refractivity contribution in [1.29, 1.82) is 0 Å². The Morgan fingerprint density at radius 2 is 1.94 bits per heavy atom. The number of halogens is 3. The zero-order valence-corrected chi connectivity index (χ0v) is 10.7. The van der Waals surface area contributed by atoms with E-state index in [1.54, 1.807) is 12.1 Å². The zero-order chi connectivity index (χ0) is 12.3. The third kappa shape index (κ3) is 3.01. The Balaban J connectivity index is 3.03. The minimum atomic E-state index is -0.633. The first kappa shape index (κ1) is 13.6. The molecule has 0 saturated carbocycles. The van der Waals surface area contributed by atoms with Gasteiger partial charge in [-0.3, -0.25) is 4.79 Å². The summed E-state index contributed by atoms with van der Waals surface area (Å²) in [7, 11) is 1.29. The van der Waals surface area contributed by atoms with Crippen molar-refractivity contribution in [3.8, 4) is 0 Å². The van der Waals surface area contributed by atoms with E-state index in [9.17, 15) is 4.79 Å². The van der Waals surface area contributed by atoms with Gasteiger partial charge < -0.3 is 10.5 Å². The molecule has 0 radical (unpaired) electrons. The van der Waals surface area contributed by atoms with Crippen molar-refractivity contribution in [2.45, 2.75) is 12.5 Å². The molecule has 88 valence electrons. The lowest BCUT2D eigenvalue weighted by Gasteiger charge is -2.15. The van der Waals surface area contributed by atoms with E-state index in [0.717, 1.165) is 0 Å². The number of methoxy groups -OCH3 is 1. The fraction of sp³-hybridized carbons (Fsp3) is 0.300. The predicted molar refractivity (Wildman–Crippen MR) is 65.0 cm³/mol. The van der Waals surface area contributed by atoms with Gasteiger partial charge in [-0.05, 0) is 12.1 Å². The predicted octanol–water partition coefficient (Wildman–Crippen LogP) is 3.21. The van der Waals surface area contributed by atoms with Gasteiger partial charge in [0.05, 0.1) is 23.6 Å². The molecule has 1 aromatic rings. The van der Waals surface area contributed by atoms with Gasteiger partial charge in [-0.2, -0.15) is 0 Å². The van der Waals surface area contributed by atoms with Crippen LogP contribution in [0.3, 0.4) is 0 Å². The summed E-state index contributed by atoms with van der Waals surface area (Å²) >= 11 is 17.8. The number of nitrogens with two attached hydrogens (primary N) is 1. The minimum Gasteiger partial charge on any atom is -0.469 e. The average molecular weight is 283 g/mol. The standard InChI is InChI=1S/C10H10Cl3NO2/c1-16-8(15)4-7(14)9-5(11)2-3-6(12)10(9)13/h2-3,7H,4,14H2,1H3/t7-/m1/s1. The highest BCUT2D eigenvalue weighted by molar-refractivity contribution is 6.44. The molecular formula is C10H10Cl3NO2. The van der Waals surface area contributed by atoms with Gasteiger partial charge in [-0.25, -0.2) is 0 Å². The number of hydrogen-bond acceptors (Lipinski definition) is 3. The van der Waals surface area contributed by atoms with Crippen LogP contribution in [0.1, 0.15) is 18.0 Å². The number of esters is 1. The van der Waals surface area contributed by atoms with Gasteiger partial charge in [0.1, 0.15) is 0 Å². The first-order valence-corrected chi connectivity index (χ1v) is 5.56. The second kappa shape index (κ2) is 5.73. The van der Waals surface area contributed by atoms with Gasteiger partial charge in [0.2, 0.25) is 0 Å². The Kier molecular flexibility index (Phi) is 4.87. The van der Waals surface area contributed by atoms with Crippen LogP contribution in [0.5, 0.6) is 0 Å². The molecule has 1 aromatic carbocycles. The van der Waals surface area contributed by atoms with Crippen LogP contribution in [-0.2, 0) is 9.53 Å². The number of carbonyl (C=O) groups excluding carboxylic acids is 1. The molecule has 0 heterocycles. The summed E-state index contributed by atoms with van der Waals surface area (Å²) < 4.78 is 4.51. The SMILES string of the molecule is COC(=O)C[C@@H](N)c1c(Cl)ccc(Cl)c1Cl. The van der Waals surface area contributed by atoms with Gasteiger partial charge in [0.25, 0.3) is 0 Å². The van der Waals surface area contributed by atoms with Gasteiger partial charge in [-0.15, -0.1) is 0 Å². The number of hydrogen-bond donors (Lipinski definition) is 1. The lowest BCUT2D eigenvalue weighted by molar-refractivity contribution is -0.141.